The second kappa shape index (κ2) is 3.36. The normalized spacial score (nSPS) is 10.7. The van der Waals surface area contributed by atoms with E-state index in [1.165, 1.54) is 0 Å². The van der Waals surface area contributed by atoms with Gasteiger partial charge in [-0.15, -0.1) is 16.4 Å². The Kier molecular flexibility index (Phi) is 1.89. The number of nitrogens with zero attached hydrogens (tertiary/aromatic N) is 4. The van der Waals surface area contributed by atoms with E-state index in [-0.39, 0.29) is 0 Å². The first-order valence-electron chi connectivity index (χ1n) is 4.42. The molecule has 0 amide bonds. The molecule has 4 nitrogen and oxygen atoms in total. The van der Waals surface area contributed by atoms with E-state index in [0.29, 0.717) is 5.65 Å². The molecule has 0 N–H and O–H groups in total. The Morgan fingerprint density at radius 1 is 1.00 bits per heavy atom. The molecular formula is C10H6N4S. The van der Waals surface area contributed by atoms with Crippen molar-refractivity contribution in [1.29, 1.82) is 0 Å². The van der Waals surface area contributed by atoms with Crippen LogP contribution in [0.4, 0.5) is 0 Å². The molecular weight excluding hydrogens is 208 g/mol. The molecule has 0 bridgehead atoms. The summed E-state index contributed by atoms with van der Waals surface area (Å²) < 4.78 is 1.05. The Balaban J connectivity index is 2.21. The van der Waals surface area contributed by atoms with Gasteiger partial charge in [0.2, 0.25) is 0 Å². The SMILES string of the molecule is c1cc(-c2nc3nnccc3s2)ccn1. The quantitative estimate of drug-likeness (QED) is 0.622. The molecule has 0 saturated heterocycles. The van der Waals surface area contributed by atoms with Crippen LogP contribution in [-0.4, -0.2) is 20.2 Å². The summed E-state index contributed by atoms with van der Waals surface area (Å²) in [6.07, 6.45) is 5.19. The summed E-state index contributed by atoms with van der Waals surface area (Å²) in [7, 11) is 0. The van der Waals surface area contributed by atoms with Gasteiger partial charge < -0.3 is 0 Å². The zero-order valence-electron chi connectivity index (χ0n) is 7.66. The van der Waals surface area contributed by atoms with E-state index in [9.17, 15) is 0 Å². The molecule has 0 aliphatic rings. The lowest BCUT2D eigenvalue weighted by atomic mass is 10.3. The van der Waals surface area contributed by atoms with Crippen LogP contribution in [0.2, 0.25) is 0 Å². The first-order valence-corrected chi connectivity index (χ1v) is 5.24. The van der Waals surface area contributed by atoms with Crippen LogP contribution < -0.4 is 0 Å². The summed E-state index contributed by atoms with van der Waals surface area (Å²) >= 11 is 1.61. The van der Waals surface area contributed by atoms with E-state index < -0.39 is 0 Å². The van der Waals surface area contributed by atoms with Crippen LogP contribution in [0.25, 0.3) is 20.9 Å². The molecule has 0 radical (unpaired) electrons. The van der Waals surface area contributed by atoms with E-state index in [1.807, 2.05) is 18.2 Å². The molecule has 0 fully saturated rings. The van der Waals surface area contributed by atoms with E-state index in [2.05, 4.69) is 20.2 Å². The lowest BCUT2D eigenvalue weighted by Gasteiger charge is -1.91. The maximum absolute atomic E-state index is 4.40. The monoisotopic (exact) mass is 214 g/mol. The summed E-state index contributed by atoms with van der Waals surface area (Å²) in [5, 5.41) is 8.71. The maximum atomic E-state index is 4.40. The standard InChI is InChI=1S/C10H6N4S/c1-4-11-5-2-7(1)10-13-9-8(15-10)3-6-12-14-9/h1-6H. The first kappa shape index (κ1) is 8.43. The number of hydrogen-bond acceptors (Lipinski definition) is 5. The van der Waals surface area contributed by atoms with Gasteiger partial charge in [0.05, 0.1) is 10.9 Å². The first-order chi connectivity index (χ1) is 7.43. The molecule has 15 heavy (non-hydrogen) atoms. The molecule has 5 heteroatoms. The number of fused-ring (bicyclic) bond motifs is 1. The predicted octanol–water partition coefficient (Wildman–Crippen LogP) is 2.15. The number of thiazole rings is 1. The summed E-state index contributed by atoms with van der Waals surface area (Å²) in [5.41, 5.74) is 1.77. The second-order valence-electron chi connectivity index (χ2n) is 2.97. The van der Waals surface area contributed by atoms with E-state index >= 15 is 0 Å². The Hall–Kier alpha value is -1.88. The molecule has 0 spiro atoms. The van der Waals surface area contributed by atoms with Crippen molar-refractivity contribution in [3.8, 4) is 10.6 Å². The van der Waals surface area contributed by atoms with Gasteiger partial charge in [0.1, 0.15) is 5.01 Å². The molecule has 0 aliphatic carbocycles. The summed E-state index contributed by atoms with van der Waals surface area (Å²) in [5.74, 6) is 0. The third-order valence-electron chi connectivity index (χ3n) is 2.01. The highest BCUT2D eigenvalue weighted by Gasteiger charge is 2.05. The maximum Gasteiger partial charge on any atom is 0.193 e. The van der Waals surface area contributed by atoms with Gasteiger partial charge in [0.15, 0.2) is 5.65 Å². The van der Waals surface area contributed by atoms with Crippen molar-refractivity contribution in [2.75, 3.05) is 0 Å². The summed E-state index contributed by atoms with van der Waals surface area (Å²) in [6.45, 7) is 0. The topological polar surface area (TPSA) is 51.6 Å². The fourth-order valence-electron chi connectivity index (χ4n) is 1.31. The minimum atomic E-state index is 0.703. The van der Waals surface area contributed by atoms with Crippen LogP contribution in [0.3, 0.4) is 0 Å². The molecule has 3 rings (SSSR count). The molecule has 72 valence electrons. The fourth-order valence-corrected chi connectivity index (χ4v) is 2.21. The smallest absolute Gasteiger partial charge is 0.193 e. The van der Waals surface area contributed by atoms with Gasteiger partial charge in [-0.3, -0.25) is 4.98 Å². The average Bonchev–Trinajstić information content (AvgIpc) is 2.74. The number of rotatable bonds is 1. The van der Waals surface area contributed by atoms with Crippen molar-refractivity contribution in [1.82, 2.24) is 20.2 Å². The second-order valence-corrected chi connectivity index (χ2v) is 4.00. The van der Waals surface area contributed by atoms with Gasteiger partial charge in [-0.25, -0.2) is 4.98 Å². The highest BCUT2D eigenvalue weighted by molar-refractivity contribution is 7.21. The van der Waals surface area contributed by atoms with Gasteiger partial charge in [-0.05, 0) is 18.2 Å². The third-order valence-corrected chi connectivity index (χ3v) is 3.07. The highest BCUT2D eigenvalue weighted by atomic mass is 32.1. The molecule has 3 heterocycles. The average molecular weight is 214 g/mol. The lowest BCUT2D eigenvalue weighted by molar-refractivity contribution is 1.06. The number of aromatic nitrogens is 4. The van der Waals surface area contributed by atoms with Gasteiger partial charge in [-0.1, -0.05) is 0 Å². The minimum absolute atomic E-state index is 0.703. The van der Waals surface area contributed by atoms with Crippen molar-refractivity contribution in [2.24, 2.45) is 0 Å². The molecule has 0 aliphatic heterocycles. The van der Waals surface area contributed by atoms with Gasteiger partial charge >= 0.3 is 0 Å². The van der Waals surface area contributed by atoms with Gasteiger partial charge in [-0.2, -0.15) is 5.10 Å². The highest BCUT2D eigenvalue weighted by Crippen LogP contribution is 2.27. The number of pyridine rings is 1. The Morgan fingerprint density at radius 3 is 2.67 bits per heavy atom. The van der Waals surface area contributed by atoms with E-state index in [1.54, 1.807) is 29.9 Å². The zero-order valence-corrected chi connectivity index (χ0v) is 8.48. The zero-order chi connectivity index (χ0) is 10.1. The molecule has 3 aromatic heterocycles. The minimum Gasteiger partial charge on any atom is -0.265 e. The summed E-state index contributed by atoms with van der Waals surface area (Å²) in [4.78, 5) is 8.37. The van der Waals surface area contributed by atoms with E-state index in [0.717, 1.165) is 15.3 Å². The van der Waals surface area contributed by atoms with Crippen molar-refractivity contribution in [2.45, 2.75) is 0 Å². The van der Waals surface area contributed by atoms with Crippen molar-refractivity contribution >= 4 is 21.7 Å². The van der Waals surface area contributed by atoms with Gasteiger partial charge in [0.25, 0.3) is 0 Å². The fraction of sp³-hybridized carbons (Fsp3) is 0. The van der Waals surface area contributed by atoms with Crippen LogP contribution in [-0.2, 0) is 0 Å². The van der Waals surface area contributed by atoms with E-state index in [4.69, 9.17) is 0 Å². The van der Waals surface area contributed by atoms with Crippen LogP contribution in [0.1, 0.15) is 0 Å². The molecule has 0 saturated carbocycles. The Morgan fingerprint density at radius 2 is 1.87 bits per heavy atom. The van der Waals surface area contributed by atoms with Crippen molar-refractivity contribution in [3.63, 3.8) is 0 Å². The molecule has 0 unspecified atom stereocenters. The third kappa shape index (κ3) is 1.46. The Labute approximate surface area is 89.7 Å². The van der Waals surface area contributed by atoms with Crippen LogP contribution in [0.5, 0.6) is 0 Å². The van der Waals surface area contributed by atoms with Crippen LogP contribution >= 0.6 is 11.3 Å². The Bertz CT molecular complexity index is 557. The summed E-state index contributed by atoms with van der Waals surface area (Å²) in [6, 6.07) is 5.79. The van der Waals surface area contributed by atoms with Gasteiger partial charge in [0, 0.05) is 18.0 Å². The largest absolute Gasteiger partial charge is 0.265 e. The predicted molar refractivity (Wildman–Crippen MR) is 58.4 cm³/mol. The van der Waals surface area contributed by atoms with Crippen molar-refractivity contribution in [3.05, 3.63) is 36.8 Å². The van der Waals surface area contributed by atoms with Crippen LogP contribution in [0, 0.1) is 0 Å². The molecule has 0 atom stereocenters. The molecule has 3 aromatic rings. The van der Waals surface area contributed by atoms with Crippen molar-refractivity contribution < 1.29 is 0 Å². The van der Waals surface area contributed by atoms with Crippen LogP contribution in [0.15, 0.2) is 36.8 Å². The number of hydrogen-bond donors (Lipinski definition) is 0. The molecule has 0 aromatic carbocycles. The lowest BCUT2D eigenvalue weighted by Crippen LogP contribution is -1.80.